The second-order valence-electron chi connectivity index (χ2n) is 6.88. The van der Waals surface area contributed by atoms with Gasteiger partial charge in [-0.15, -0.1) is 0 Å². The number of hydrogen-bond donors (Lipinski definition) is 2. The molecule has 1 aliphatic carbocycles. The van der Waals surface area contributed by atoms with Gasteiger partial charge in [-0.3, -0.25) is 11.3 Å². The molecule has 114 valence electrons. The summed E-state index contributed by atoms with van der Waals surface area (Å²) in [6, 6.07) is 0.407. The lowest BCUT2D eigenvalue weighted by Gasteiger charge is -2.39. The quantitative estimate of drug-likeness (QED) is 0.595. The fraction of sp³-hybridized carbons (Fsp3) is 0.812. The Balaban J connectivity index is 2.03. The minimum atomic E-state index is 0.397. The summed E-state index contributed by atoms with van der Waals surface area (Å²) in [7, 11) is 2.06. The fourth-order valence-corrected chi connectivity index (χ4v) is 4.06. The van der Waals surface area contributed by atoms with Crippen molar-refractivity contribution < 1.29 is 0 Å². The molecule has 0 amide bonds. The Bertz CT molecular complexity index is 404. The maximum atomic E-state index is 5.91. The van der Waals surface area contributed by atoms with Crippen LogP contribution in [0, 0.1) is 11.3 Å². The van der Waals surface area contributed by atoms with Crippen molar-refractivity contribution in [3.63, 3.8) is 0 Å². The Morgan fingerprint density at radius 1 is 1.40 bits per heavy atom. The SMILES string of the molecule is CC(C)CC1(C(CCc2nccn2C)NN)CCCC1. The molecule has 4 heteroatoms. The van der Waals surface area contributed by atoms with E-state index in [1.807, 2.05) is 12.4 Å². The molecule has 1 aromatic rings. The summed E-state index contributed by atoms with van der Waals surface area (Å²) in [6.45, 7) is 4.65. The van der Waals surface area contributed by atoms with Gasteiger partial charge in [-0.2, -0.15) is 0 Å². The monoisotopic (exact) mass is 278 g/mol. The predicted molar refractivity (Wildman–Crippen MR) is 83.0 cm³/mol. The second kappa shape index (κ2) is 6.72. The van der Waals surface area contributed by atoms with Crippen molar-refractivity contribution in [1.29, 1.82) is 0 Å². The number of hydrogen-bond acceptors (Lipinski definition) is 3. The fourth-order valence-electron chi connectivity index (χ4n) is 4.06. The zero-order chi connectivity index (χ0) is 14.6. The normalized spacial score (nSPS) is 19.6. The highest BCUT2D eigenvalue weighted by atomic mass is 15.2. The largest absolute Gasteiger partial charge is 0.338 e. The first-order valence-corrected chi connectivity index (χ1v) is 8.00. The molecule has 20 heavy (non-hydrogen) atoms. The molecule has 1 saturated carbocycles. The minimum Gasteiger partial charge on any atom is -0.338 e. The van der Waals surface area contributed by atoms with Gasteiger partial charge in [0.05, 0.1) is 0 Å². The maximum Gasteiger partial charge on any atom is 0.108 e. The molecular weight excluding hydrogens is 248 g/mol. The van der Waals surface area contributed by atoms with E-state index in [1.54, 1.807) is 0 Å². The minimum absolute atomic E-state index is 0.397. The third-order valence-corrected chi connectivity index (χ3v) is 4.93. The lowest BCUT2D eigenvalue weighted by Crippen LogP contribution is -2.48. The van der Waals surface area contributed by atoms with E-state index in [0.29, 0.717) is 11.5 Å². The van der Waals surface area contributed by atoms with Gasteiger partial charge in [-0.05, 0) is 37.0 Å². The van der Waals surface area contributed by atoms with E-state index in [-0.39, 0.29) is 0 Å². The van der Waals surface area contributed by atoms with Crippen molar-refractivity contribution in [3.05, 3.63) is 18.2 Å². The predicted octanol–water partition coefficient (Wildman–Crippen LogP) is 2.79. The van der Waals surface area contributed by atoms with Crippen molar-refractivity contribution in [3.8, 4) is 0 Å². The molecule has 1 heterocycles. The second-order valence-corrected chi connectivity index (χ2v) is 6.88. The van der Waals surface area contributed by atoms with Crippen LogP contribution in [0.25, 0.3) is 0 Å². The van der Waals surface area contributed by atoms with E-state index in [1.165, 1.54) is 32.1 Å². The van der Waals surface area contributed by atoms with Gasteiger partial charge in [0.15, 0.2) is 0 Å². The van der Waals surface area contributed by atoms with Crippen molar-refractivity contribution in [2.75, 3.05) is 0 Å². The number of rotatable bonds is 7. The van der Waals surface area contributed by atoms with Crippen LogP contribution in [0.15, 0.2) is 12.4 Å². The van der Waals surface area contributed by atoms with E-state index in [4.69, 9.17) is 5.84 Å². The molecule has 1 fully saturated rings. The van der Waals surface area contributed by atoms with E-state index < -0.39 is 0 Å². The molecular formula is C16H30N4. The highest BCUT2D eigenvalue weighted by Crippen LogP contribution is 2.46. The van der Waals surface area contributed by atoms with Gasteiger partial charge in [0.2, 0.25) is 0 Å². The van der Waals surface area contributed by atoms with Crippen molar-refractivity contribution >= 4 is 0 Å². The van der Waals surface area contributed by atoms with Crippen molar-refractivity contribution in [2.45, 2.75) is 64.8 Å². The summed E-state index contributed by atoms with van der Waals surface area (Å²) in [5.74, 6) is 7.80. The van der Waals surface area contributed by atoms with Gasteiger partial charge in [0.1, 0.15) is 5.82 Å². The molecule has 0 spiro atoms. The Labute approximate surface area is 123 Å². The molecule has 1 aliphatic rings. The summed E-state index contributed by atoms with van der Waals surface area (Å²) in [6.07, 6.45) is 12.6. The molecule has 1 aromatic heterocycles. The van der Waals surface area contributed by atoms with Gasteiger partial charge >= 0.3 is 0 Å². The van der Waals surface area contributed by atoms with Crippen molar-refractivity contribution in [2.24, 2.45) is 24.2 Å². The van der Waals surface area contributed by atoms with Gasteiger partial charge < -0.3 is 4.57 Å². The van der Waals surface area contributed by atoms with Crippen LogP contribution in [0.2, 0.25) is 0 Å². The van der Waals surface area contributed by atoms with E-state index >= 15 is 0 Å². The van der Waals surface area contributed by atoms with E-state index in [0.717, 1.165) is 24.6 Å². The molecule has 1 unspecified atom stereocenters. The summed E-state index contributed by atoms with van der Waals surface area (Å²) in [5, 5.41) is 0. The maximum absolute atomic E-state index is 5.91. The molecule has 4 nitrogen and oxygen atoms in total. The van der Waals surface area contributed by atoms with Crippen LogP contribution >= 0.6 is 0 Å². The first-order chi connectivity index (χ1) is 9.57. The van der Waals surface area contributed by atoms with Crippen LogP contribution in [0.4, 0.5) is 0 Å². The Hall–Kier alpha value is -0.870. The Kier molecular flexibility index (Phi) is 5.22. The van der Waals surface area contributed by atoms with Crippen LogP contribution in [-0.2, 0) is 13.5 Å². The lowest BCUT2D eigenvalue weighted by atomic mass is 9.71. The Morgan fingerprint density at radius 2 is 2.10 bits per heavy atom. The Morgan fingerprint density at radius 3 is 2.60 bits per heavy atom. The lowest BCUT2D eigenvalue weighted by molar-refractivity contribution is 0.147. The number of hydrazine groups is 1. The molecule has 3 N–H and O–H groups in total. The number of aryl methyl sites for hydroxylation is 2. The van der Waals surface area contributed by atoms with Crippen LogP contribution < -0.4 is 11.3 Å². The number of imidazole rings is 1. The standard InChI is InChI=1S/C16H30N4/c1-13(2)12-16(8-4-5-9-16)14(19-17)6-7-15-18-10-11-20(15)3/h10-11,13-14,19H,4-9,12,17H2,1-3H3. The average molecular weight is 278 g/mol. The molecule has 0 aliphatic heterocycles. The summed E-state index contributed by atoms with van der Waals surface area (Å²) in [5.41, 5.74) is 3.53. The zero-order valence-electron chi connectivity index (χ0n) is 13.2. The van der Waals surface area contributed by atoms with E-state index in [9.17, 15) is 0 Å². The summed E-state index contributed by atoms with van der Waals surface area (Å²) >= 11 is 0. The molecule has 2 rings (SSSR count). The van der Waals surface area contributed by atoms with Gasteiger partial charge in [0.25, 0.3) is 0 Å². The number of nitrogens with zero attached hydrogens (tertiary/aromatic N) is 2. The van der Waals surface area contributed by atoms with Gasteiger partial charge in [-0.1, -0.05) is 26.7 Å². The van der Waals surface area contributed by atoms with Crippen LogP contribution in [-0.4, -0.2) is 15.6 Å². The topological polar surface area (TPSA) is 55.9 Å². The molecule has 0 bridgehead atoms. The van der Waals surface area contributed by atoms with E-state index in [2.05, 4.69) is 35.9 Å². The summed E-state index contributed by atoms with van der Waals surface area (Å²) in [4.78, 5) is 4.43. The van der Waals surface area contributed by atoms with Gasteiger partial charge in [0, 0.05) is 31.9 Å². The van der Waals surface area contributed by atoms with Gasteiger partial charge in [-0.25, -0.2) is 4.98 Å². The average Bonchev–Trinajstić information content (AvgIpc) is 3.00. The highest BCUT2D eigenvalue weighted by Gasteiger charge is 2.40. The highest BCUT2D eigenvalue weighted by molar-refractivity contribution is 4.98. The molecule has 0 saturated heterocycles. The number of nitrogens with two attached hydrogens (primary N) is 1. The molecule has 0 radical (unpaired) electrons. The summed E-state index contributed by atoms with van der Waals surface area (Å²) < 4.78 is 2.11. The van der Waals surface area contributed by atoms with Crippen molar-refractivity contribution in [1.82, 2.24) is 15.0 Å². The number of nitrogens with one attached hydrogen (secondary N) is 1. The molecule has 1 atom stereocenters. The zero-order valence-corrected chi connectivity index (χ0v) is 13.2. The first-order valence-electron chi connectivity index (χ1n) is 8.00. The third-order valence-electron chi connectivity index (χ3n) is 4.93. The van der Waals surface area contributed by atoms with Crippen LogP contribution in [0.5, 0.6) is 0 Å². The number of aromatic nitrogens is 2. The first kappa shape index (κ1) is 15.5. The third kappa shape index (κ3) is 3.41. The van der Waals surface area contributed by atoms with Crippen LogP contribution in [0.1, 0.15) is 58.2 Å². The molecule has 0 aromatic carbocycles. The smallest absolute Gasteiger partial charge is 0.108 e. The van der Waals surface area contributed by atoms with Crippen LogP contribution in [0.3, 0.4) is 0 Å².